The lowest BCUT2D eigenvalue weighted by Gasteiger charge is -2.13. The first kappa shape index (κ1) is 14.6. The van der Waals surface area contributed by atoms with E-state index in [1.165, 1.54) is 6.92 Å². The molecule has 0 fully saturated rings. The highest BCUT2D eigenvalue weighted by molar-refractivity contribution is 7.46. The van der Waals surface area contributed by atoms with E-state index in [1.54, 1.807) is 12.1 Å². The number of hydrogen-bond donors (Lipinski definition) is 2. The third-order valence-electron chi connectivity index (χ3n) is 1.85. The molecule has 1 rings (SSSR count). The number of phosphoric ester groups is 1. The van der Waals surface area contributed by atoms with Crippen molar-refractivity contribution in [2.75, 3.05) is 6.61 Å². The maximum atomic E-state index is 10.5. The monoisotopic (exact) mass is 280 g/mol. The van der Waals surface area contributed by atoms with E-state index in [0.717, 1.165) is 5.56 Å². The van der Waals surface area contributed by atoms with Gasteiger partial charge in [-0.25, -0.2) is 4.57 Å². The number of benzene rings is 1. The van der Waals surface area contributed by atoms with Crippen LogP contribution in [0.3, 0.4) is 0 Å². The number of ether oxygens (including phenoxy) is 1. The number of hydrogen-bond acceptors (Lipinski definition) is 3. The van der Waals surface area contributed by atoms with Gasteiger partial charge in [0.15, 0.2) is 0 Å². The lowest BCUT2D eigenvalue weighted by Crippen LogP contribution is -2.14. The molecule has 0 aliphatic heterocycles. The molecule has 5 nitrogen and oxygen atoms in total. The molecule has 0 bridgehead atoms. The van der Waals surface area contributed by atoms with Crippen LogP contribution in [0.4, 0.5) is 0 Å². The largest absolute Gasteiger partial charge is 0.469 e. The highest BCUT2D eigenvalue weighted by atomic mass is 35.5. The minimum absolute atomic E-state index is 0.105. The Morgan fingerprint density at radius 1 is 1.35 bits per heavy atom. The van der Waals surface area contributed by atoms with Crippen molar-refractivity contribution in [3.8, 4) is 0 Å². The average Bonchev–Trinajstić information content (AvgIpc) is 2.18. The van der Waals surface area contributed by atoms with Crippen LogP contribution in [0.5, 0.6) is 0 Å². The number of rotatable bonds is 6. The first-order valence-electron chi connectivity index (χ1n) is 4.93. The molecule has 0 aliphatic carbocycles. The molecule has 0 saturated heterocycles. The predicted molar refractivity (Wildman–Crippen MR) is 63.7 cm³/mol. The molecular formula is C10H14ClO5P. The van der Waals surface area contributed by atoms with Gasteiger partial charge in [-0.3, -0.25) is 4.52 Å². The third-order valence-corrected chi connectivity index (χ3v) is 2.74. The number of halogens is 1. The standard InChI is InChI=1S/C10H14ClO5P/c1-8(16-17(12,13)14)6-15-7-9-2-4-10(11)5-3-9/h2-5,8H,6-7H2,1H3,(H2,12,13,14). The topological polar surface area (TPSA) is 76.0 Å². The molecule has 0 spiro atoms. The van der Waals surface area contributed by atoms with Gasteiger partial charge in [0, 0.05) is 5.02 Å². The molecule has 0 heterocycles. The second-order valence-corrected chi connectivity index (χ2v) is 5.18. The average molecular weight is 281 g/mol. The summed E-state index contributed by atoms with van der Waals surface area (Å²) >= 11 is 5.72. The molecule has 1 aromatic carbocycles. The first-order chi connectivity index (χ1) is 7.87. The fourth-order valence-corrected chi connectivity index (χ4v) is 1.84. The van der Waals surface area contributed by atoms with Gasteiger partial charge in [0.25, 0.3) is 0 Å². The Morgan fingerprint density at radius 2 is 1.94 bits per heavy atom. The summed E-state index contributed by atoms with van der Waals surface area (Å²) in [6.07, 6.45) is -0.664. The molecule has 0 aromatic heterocycles. The van der Waals surface area contributed by atoms with Crippen molar-refractivity contribution in [2.45, 2.75) is 19.6 Å². The molecule has 17 heavy (non-hydrogen) atoms. The van der Waals surface area contributed by atoms with Crippen LogP contribution in [-0.2, 0) is 20.4 Å². The predicted octanol–water partition coefficient (Wildman–Crippen LogP) is 2.35. The highest BCUT2D eigenvalue weighted by Crippen LogP contribution is 2.37. The van der Waals surface area contributed by atoms with E-state index in [0.29, 0.717) is 11.6 Å². The summed E-state index contributed by atoms with van der Waals surface area (Å²) in [5, 5.41) is 0.645. The molecular weight excluding hydrogens is 267 g/mol. The summed E-state index contributed by atoms with van der Waals surface area (Å²) in [6.45, 7) is 1.97. The molecule has 0 saturated carbocycles. The Bertz CT molecular complexity index is 388. The van der Waals surface area contributed by atoms with Gasteiger partial charge < -0.3 is 14.5 Å². The Hall–Kier alpha value is -0.420. The van der Waals surface area contributed by atoms with Gasteiger partial charge in [-0.15, -0.1) is 0 Å². The maximum absolute atomic E-state index is 10.5. The van der Waals surface area contributed by atoms with Crippen molar-refractivity contribution < 1.29 is 23.6 Å². The van der Waals surface area contributed by atoms with E-state index in [1.807, 2.05) is 12.1 Å². The minimum Gasteiger partial charge on any atom is -0.374 e. The Morgan fingerprint density at radius 3 is 2.47 bits per heavy atom. The van der Waals surface area contributed by atoms with Gasteiger partial charge in [-0.1, -0.05) is 23.7 Å². The second-order valence-electron chi connectivity index (χ2n) is 3.55. The molecule has 1 atom stereocenters. The first-order valence-corrected chi connectivity index (χ1v) is 6.84. The van der Waals surface area contributed by atoms with Crippen LogP contribution in [0.15, 0.2) is 24.3 Å². The summed E-state index contributed by atoms with van der Waals surface area (Å²) in [7, 11) is -4.44. The Kier molecular flexibility index (Phi) is 5.59. The highest BCUT2D eigenvalue weighted by Gasteiger charge is 2.18. The smallest absolute Gasteiger partial charge is 0.374 e. The zero-order chi connectivity index (χ0) is 12.9. The van der Waals surface area contributed by atoms with Crippen LogP contribution in [0.1, 0.15) is 12.5 Å². The zero-order valence-electron chi connectivity index (χ0n) is 9.25. The molecule has 0 amide bonds. The lowest BCUT2D eigenvalue weighted by atomic mass is 10.2. The van der Waals surface area contributed by atoms with E-state index >= 15 is 0 Å². The molecule has 0 radical (unpaired) electrons. The summed E-state index contributed by atoms with van der Waals surface area (Å²) in [6, 6.07) is 7.12. The van der Waals surface area contributed by atoms with Gasteiger partial charge in [-0.05, 0) is 24.6 Å². The summed E-state index contributed by atoms with van der Waals surface area (Å²) in [5.41, 5.74) is 0.928. The van der Waals surface area contributed by atoms with Gasteiger partial charge in [0.05, 0.1) is 19.3 Å². The van der Waals surface area contributed by atoms with Crippen LogP contribution in [-0.4, -0.2) is 22.5 Å². The van der Waals surface area contributed by atoms with Crippen LogP contribution in [0, 0.1) is 0 Å². The van der Waals surface area contributed by atoms with Gasteiger partial charge in [-0.2, -0.15) is 0 Å². The summed E-state index contributed by atoms with van der Waals surface area (Å²) in [4.78, 5) is 17.1. The SMILES string of the molecule is CC(COCc1ccc(Cl)cc1)OP(=O)(O)O. The van der Waals surface area contributed by atoms with Gasteiger partial charge in [0.1, 0.15) is 0 Å². The fraction of sp³-hybridized carbons (Fsp3) is 0.400. The van der Waals surface area contributed by atoms with E-state index in [4.69, 9.17) is 26.1 Å². The Labute approximate surface area is 105 Å². The van der Waals surface area contributed by atoms with Gasteiger partial charge >= 0.3 is 7.82 Å². The van der Waals surface area contributed by atoms with Crippen molar-refractivity contribution in [3.05, 3.63) is 34.9 Å². The summed E-state index contributed by atoms with van der Waals surface area (Å²) < 4.78 is 20.2. The molecule has 1 aromatic rings. The minimum atomic E-state index is -4.44. The third kappa shape index (κ3) is 6.78. The van der Waals surface area contributed by atoms with E-state index < -0.39 is 13.9 Å². The fourth-order valence-electron chi connectivity index (χ4n) is 1.19. The van der Waals surface area contributed by atoms with Crippen LogP contribution < -0.4 is 0 Å². The molecule has 96 valence electrons. The lowest BCUT2D eigenvalue weighted by molar-refractivity contribution is 0.0342. The Balaban J connectivity index is 2.28. The van der Waals surface area contributed by atoms with Crippen molar-refractivity contribution in [1.29, 1.82) is 0 Å². The molecule has 7 heteroatoms. The molecule has 0 aliphatic rings. The molecule has 1 unspecified atom stereocenters. The maximum Gasteiger partial charge on any atom is 0.469 e. The van der Waals surface area contributed by atoms with E-state index in [-0.39, 0.29) is 6.61 Å². The van der Waals surface area contributed by atoms with Crippen molar-refractivity contribution >= 4 is 19.4 Å². The van der Waals surface area contributed by atoms with Crippen molar-refractivity contribution in [1.82, 2.24) is 0 Å². The molecule has 2 N–H and O–H groups in total. The summed E-state index contributed by atoms with van der Waals surface area (Å²) in [5.74, 6) is 0. The van der Waals surface area contributed by atoms with E-state index in [9.17, 15) is 4.57 Å². The second kappa shape index (κ2) is 6.50. The van der Waals surface area contributed by atoms with E-state index in [2.05, 4.69) is 4.52 Å². The van der Waals surface area contributed by atoms with Crippen molar-refractivity contribution in [2.24, 2.45) is 0 Å². The number of phosphoric acid groups is 1. The van der Waals surface area contributed by atoms with Crippen molar-refractivity contribution in [3.63, 3.8) is 0 Å². The quantitative estimate of drug-likeness (QED) is 0.782. The van der Waals surface area contributed by atoms with Crippen LogP contribution >= 0.6 is 19.4 Å². The van der Waals surface area contributed by atoms with Crippen LogP contribution in [0.2, 0.25) is 5.02 Å². The van der Waals surface area contributed by atoms with Crippen LogP contribution in [0.25, 0.3) is 0 Å². The van der Waals surface area contributed by atoms with Gasteiger partial charge in [0.2, 0.25) is 0 Å². The zero-order valence-corrected chi connectivity index (χ0v) is 10.9. The normalized spacial score (nSPS) is 13.6.